The summed E-state index contributed by atoms with van der Waals surface area (Å²) in [6.45, 7) is 12.3. The highest BCUT2D eigenvalue weighted by atomic mass is 32.1. The number of likely N-dealkylation sites (N-methyl/N-ethyl adjacent to an activating group) is 1. The maximum Gasteiger partial charge on any atom is 0.491 e. The maximum absolute atomic E-state index is 6.19. The predicted octanol–water partition coefficient (Wildman–Crippen LogP) is 2.21. The van der Waals surface area contributed by atoms with Gasteiger partial charge in [0.15, 0.2) is 5.13 Å². The molecule has 25 heavy (non-hydrogen) atoms. The van der Waals surface area contributed by atoms with Gasteiger partial charge in [-0.3, -0.25) is 0 Å². The molecule has 1 N–H and O–H groups in total. The lowest BCUT2D eigenvalue weighted by Gasteiger charge is -2.32. The van der Waals surface area contributed by atoms with Crippen molar-refractivity contribution in [1.82, 2.24) is 10.3 Å². The summed E-state index contributed by atoms with van der Waals surface area (Å²) in [5, 5.41) is 6.35. The second-order valence-electron chi connectivity index (χ2n) is 7.49. The molecular weight excluding hydrogens is 337 g/mol. The molecule has 3 heterocycles. The Labute approximate surface area is 154 Å². The summed E-state index contributed by atoms with van der Waals surface area (Å²) in [5.41, 5.74) is 1.32. The van der Waals surface area contributed by atoms with Crippen molar-refractivity contribution in [1.29, 1.82) is 0 Å². The van der Waals surface area contributed by atoms with Crippen LogP contribution in [0.3, 0.4) is 0 Å². The summed E-state index contributed by atoms with van der Waals surface area (Å²) in [5.74, 6) is 0. The lowest BCUT2D eigenvalue weighted by Crippen LogP contribution is -2.41. The number of thiazole rings is 1. The van der Waals surface area contributed by atoms with Crippen molar-refractivity contribution < 1.29 is 14.0 Å². The Bertz CT molecular complexity index is 610. The molecule has 0 aromatic carbocycles. The number of hydrogen-bond acceptors (Lipinski definition) is 7. The van der Waals surface area contributed by atoms with Gasteiger partial charge in [0.05, 0.1) is 30.1 Å². The standard InChI is InChI=1S/C17H28BN3O3S/c1-16(2)17(3,4)24-18(23-16)13(11-19-5)10-14-12-25-15(20-14)21-6-8-22-9-7-21/h10,12,19H,6-9,11H2,1-5H3. The average Bonchev–Trinajstić information content (AvgIpc) is 3.10. The quantitative estimate of drug-likeness (QED) is 0.808. The first-order chi connectivity index (χ1) is 11.8. The van der Waals surface area contributed by atoms with Gasteiger partial charge in [-0.15, -0.1) is 11.3 Å². The van der Waals surface area contributed by atoms with Crippen LogP contribution in [-0.4, -0.2) is 63.2 Å². The summed E-state index contributed by atoms with van der Waals surface area (Å²) in [6, 6.07) is 0. The molecule has 1 aromatic rings. The minimum atomic E-state index is -0.356. The van der Waals surface area contributed by atoms with Crippen molar-refractivity contribution in [3.8, 4) is 0 Å². The SMILES string of the molecule is CNCC(=Cc1csc(N2CCOCC2)n1)B1OC(C)(C)C(C)(C)O1. The molecule has 0 aliphatic carbocycles. The highest BCUT2D eigenvalue weighted by Crippen LogP contribution is 2.38. The molecule has 2 aliphatic rings. The summed E-state index contributed by atoms with van der Waals surface area (Å²) < 4.78 is 17.8. The third-order valence-corrected chi connectivity index (χ3v) is 5.98. The number of morpholine rings is 1. The highest BCUT2D eigenvalue weighted by Gasteiger charge is 2.52. The molecule has 0 bridgehead atoms. The van der Waals surface area contributed by atoms with E-state index in [4.69, 9.17) is 19.0 Å². The van der Waals surface area contributed by atoms with Crippen molar-refractivity contribution in [2.45, 2.75) is 38.9 Å². The van der Waals surface area contributed by atoms with E-state index in [2.05, 4.69) is 49.4 Å². The summed E-state index contributed by atoms with van der Waals surface area (Å²) in [4.78, 5) is 7.05. The molecule has 8 heteroatoms. The number of anilines is 1. The van der Waals surface area contributed by atoms with Gasteiger partial charge in [0.2, 0.25) is 0 Å². The first-order valence-corrected chi connectivity index (χ1v) is 9.69. The number of nitrogens with zero attached hydrogens (tertiary/aromatic N) is 2. The monoisotopic (exact) mass is 365 g/mol. The molecule has 3 rings (SSSR count). The fraction of sp³-hybridized carbons (Fsp3) is 0.706. The molecular formula is C17H28BN3O3S. The lowest BCUT2D eigenvalue weighted by molar-refractivity contribution is 0.00578. The van der Waals surface area contributed by atoms with Crippen LogP contribution in [0.25, 0.3) is 6.08 Å². The molecule has 6 nitrogen and oxygen atoms in total. The minimum absolute atomic E-state index is 0.342. The Hall–Kier alpha value is -0.925. The third-order valence-electron chi connectivity index (χ3n) is 5.06. The van der Waals surface area contributed by atoms with E-state index in [1.807, 2.05) is 7.05 Å². The van der Waals surface area contributed by atoms with Gasteiger partial charge >= 0.3 is 7.12 Å². The molecule has 2 saturated heterocycles. The number of hydrogen-bond donors (Lipinski definition) is 1. The smallest absolute Gasteiger partial charge is 0.400 e. The Morgan fingerprint density at radius 1 is 1.28 bits per heavy atom. The average molecular weight is 365 g/mol. The molecule has 0 spiro atoms. The van der Waals surface area contributed by atoms with Gasteiger partial charge in [-0.05, 0) is 46.3 Å². The van der Waals surface area contributed by atoms with Gasteiger partial charge in [0.25, 0.3) is 0 Å². The molecule has 2 aliphatic heterocycles. The number of ether oxygens (including phenoxy) is 1. The van der Waals surface area contributed by atoms with E-state index in [0.29, 0.717) is 6.54 Å². The van der Waals surface area contributed by atoms with E-state index < -0.39 is 0 Å². The fourth-order valence-electron chi connectivity index (χ4n) is 2.83. The van der Waals surface area contributed by atoms with Crippen LogP contribution < -0.4 is 10.2 Å². The van der Waals surface area contributed by atoms with Crippen LogP contribution in [-0.2, 0) is 14.0 Å². The first-order valence-electron chi connectivity index (χ1n) is 8.81. The normalized spacial score (nSPS) is 23.3. The maximum atomic E-state index is 6.19. The van der Waals surface area contributed by atoms with Gasteiger partial charge in [-0.25, -0.2) is 4.98 Å². The second-order valence-corrected chi connectivity index (χ2v) is 8.33. The second kappa shape index (κ2) is 7.36. The van der Waals surface area contributed by atoms with Crippen molar-refractivity contribution in [2.24, 2.45) is 0 Å². The van der Waals surface area contributed by atoms with Gasteiger partial charge in [-0.2, -0.15) is 0 Å². The molecule has 0 radical (unpaired) electrons. The lowest BCUT2D eigenvalue weighted by atomic mass is 9.77. The fourth-order valence-corrected chi connectivity index (χ4v) is 3.67. The zero-order valence-electron chi connectivity index (χ0n) is 15.8. The molecule has 0 atom stereocenters. The van der Waals surface area contributed by atoms with E-state index >= 15 is 0 Å². The zero-order chi connectivity index (χ0) is 18.1. The third kappa shape index (κ3) is 4.09. The topological polar surface area (TPSA) is 55.9 Å². The van der Waals surface area contributed by atoms with Crippen LogP contribution >= 0.6 is 11.3 Å². The van der Waals surface area contributed by atoms with E-state index in [1.165, 1.54) is 0 Å². The van der Waals surface area contributed by atoms with Crippen LogP contribution in [0.4, 0.5) is 5.13 Å². The van der Waals surface area contributed by atoms with Crippen LogP contribution in [0.2, 0.25) is 0 Å². The molecule has 138 valence electrons. The Morgan fingerprint density at radius 3 is 2.52 bits per heavy atom. The zero-order valence-corrected chi connectivity index (χ0v) is 16.6. The van der Waals surface area contributed by atoms with Crippen LogP contribution in [0.1, 0.15) is 33.4 Å². The molecule has 0 unspecified atom stereocenters. The molecule has 2 fully saturated rings. The highest BCUT2D eigenvalue weighted by molar-refractivity contribution is 7.13. The van der Waals surface area contributed by atoms with Gasteiger partial charge in [-0.1, -0.05) is 0 Å². The van der Waals surface area contributed by atoms with E-state index in [0.717, 1.165) is 42.6 Å². The van der Waals surface area contributed by atoms with E-state index in [9.17, 15) is 0 Å². The minimum Gasteiger partial charge on any atom is -0.400 e. The predicted molar refractivity (Wildman–Crippen MR) is 103 cm³/mol. The van der Waals surface area contributed by atoms with Crippen molar-refractivity contribution >= 4 is 29.7 Å². The molecule has 0 amide bonds. The molecule has 1 aromatic heterocycles. The molecule has 0 saturated carbocycles. The van der Waals surface area contributed by atoms with E-state index in [-0.39, 0.29) is 18.3 Å². The Kier molecular flexibility index (Phi) is 5.55. The van der Waals surface area contributed by atoms with Crippen LogP contribution in [0.15, 0.2) is 10.9 Å². The Balaban J connectivity index is 1.78. The largest absolute Gasteiger partial charge is 0.491 e. The summed E-state index contributed by atoms with van der Waals surface area (Å²) >= 11 is 1.67. The Morgan fingerprint density at radius 2 is 1.92 bits per heavy atom. The van der Waals surface area contributed by atoms with Crippen molar-refractivity contribution in [3.63, 3.8) is 0 Å². The number of aromatic nitrogens is 1. The number of rotatable bonds is 5. The van der Waals surface area contributed by atoms with Gasteiger partial charge < -0.3 is 24.3 Å². The van der Waals surface area contributed by atoms with Crippen molar-refractivity contribution in [3.05, 3.63) is 16.5 Å². The summed E-state index contributed by atoms with van der Waals surface area (Å²) in [6.07, 6.45) is 2.08. The van der Waals surface area contributed by atoms with Crippen LogP contribution in [0.5, 0.6) is 0 Å². The first kappa shape index (κ1) is 18.9. The summed E-state index contributed by atoms with van der Waals surface area (Å²) in [7, 11) is 1.57. The number of nitrogens with one attached hydrogen (secondary N) is 1. The van der Waals surface area contributed by atoms with Gasteiger partial charge in [0.1, 0.15) is 0 Å². The van der Waals surface area contributed by atoms with Gasteiger partial charge in [0, 0.05) is 25.0 Å². The van der Waals surface area contributed by atoms with Crippen molar-refractivity contribution in [2.75, 3.05) is 44.8 Å². The van der Waals surface area contributed by atoms with E-state index in [1.54, 1.807) is 11.3 Å². The van der Waals surface area contributed by atoms with Crippen LogP contribution in [0, 0.1) is 0 Å².